The number of hydrogen-bond acceptors (Lipinski definition) is 4. The molecule has 0 bridgehead atoms. The van der Waals surface area contributed by atoms with Crippen molar-refractivity contribution in [3.63, 3.8) is 0 Å². The van der Waals surface area contributed by atoms with Crippen LogP contribution in [-0.2, 0) is 11.2 Å². The molecule has 164 valence electrons. The van der Waals surface area contributed by atoms with Crippen molar-refractivity contribution < 1.29 is 4.79 Å². The molecule has 1 aliphatic rings. The van der Waals surface area contributed by atoms with E-state index in [9.17, 15) is 4.79 Å². The van der Waals surface area contributed by atoms with Gasteiger partial charge < -0.3 is 20.0 Å². The molecular formula is C22H32IN5OS. The molecule has 30 heavy (non-hydrogen) atoms. The number of para-hydroxylation sites is 1. The van der Waals surface area contributed by atoms with E-state index in [1.165, 1.54) is 10.6 Å². The number of carbonyl (C=O) groups excluding carboxylic acids is 1. The molecule has 1 aromatic carbocycles. The van der Waals surface area contributed by atoms with Crippen LogP contribution in [0.5, 0.6) is 0 Å². The van der Waals surface area contributed by atoms with E-state index >= 15 is 0 Å². The summed E-state index contributed by atoms with van der Waals surface area (Å²) in [6.07, 6.45) is 0.980. The van der Waals surface area contributed by atoms with Gasteiger partial charge >= 0.3 is 0 Å². The van der Waals surface area contributed by atoms with Crippen molar-refractivity contribution in [3.05, 3.63) is 52.7 Å². The number of nitrogens with zero attached hydrogens (tertiary/aromatic N) is 4. The van der Waals surface area contributed by atoms with Crippen LogP contribution >= 0.6 is 35.3 Å². The third kappa shape index (κ3) is 7.16. The number of aliphatic imine (C=N–C) groups is 1. The molecule has 6 nitrogen and oxygen atoms in total. The van der Waals surface area contributed by atoms with E-state index in [1.54, 1.807) is 11.3 Å². The molecule has 0 radical (unpaired) electrons. The number of piperazine rings is 1. The number of hydrogen-bond donors (Lipinski definition) is 1. The maximum atomic E-state index is 12.7. The third-order valence-electron chi connectivity index (χ3n) is 5.09. The van der Waals surface area contributed by atoms with Crippen molar-refractivity contribution in [2.45, 2.75) is 13.3 Å². The van der Waals surface area contributed by atoms with E-state index in [0.717, 1.165) is 51.6 Å². The van der Waals surface area contributed by atoms with Crippen LogP contribution in [0.2, 0.25) is 0 Å². The van der Waals surface area contributed by atoms with Crippen molar-refractivity contribution >= 4 is 52.9 Å². The molecule has 2 aromatic rings. The molecule has 0 aliphatic carbocycles. The van der Waals surface area contributed by atoms with Crippen LogP contribution in [0.3, 0.4) is 0 Å². The number of anilines is 1. The fourth-order valence-electron chi connectivity index (χ4n) is 3.40. The van der Waals surface area contributed by atoms with Gasteiger partial charge in [-0.25, -0.2) is 4.99 Å². The van der Waals surface area contributed by atoms with Gasteiger partial charge in [-0.3, -0.25) is 4.79 Å². The maximum absolute atomic E-state index is 12.7. The topological polar surface area (TPSA) is 51.2 Å². The predicted octanol–water partition coefficient (Wildman–Crippen LogP) is 3.15. The highest BCUT2D eigenvalue weighted by atomic mass is 127. The SMILES string of the molecule is CCNC(=NCC(=O)N1CCN(c2ccccc2)CC1)N(C)CCc1cccs1.I. The Balaban J connectivity index is 0.00000320. The summed E-state index contributed by atoms with van der Waals surface area (Å²) in [5.74, 6) is 0.889. The monoisotopic (exact) mass is 541 g/mol. The smallest absolute Gasteiger partial charge is 0.244 e. The predicted molar refractivity (Wildman–Crippen MR) is 137 cm³/mol. The molecular weight excluding hydrogens is 509 g/mol. The van der Waals surface area contributed by atoms with Gasteiger partial charge in [0.15, 0.2) is 5.96 Å². The van der Waals surface area contributed by atoms with Crippen LogP contribution < -0.4 is 10.2 Å². The zero-order valence-electron chi connectivity index (χ0n) is 17.8. The number of nitrogens with one attached hydrogen (secondary N) is 1. The summed E-state index contributed by atoms with van der Waals surface area (Å²) >= 11 is 1.77. The summed E-state index contributed by atoms with van der Waals surface area (Å²) in [5, 5.41) is 5.40. The zero-order valence-corrected chi connectivity index (χ0v) is 20.9. The van der Waals surface area contributed by atoms with Gasteiger partial charge in [0.2, 0.25) is 5.91 Å². The highest BCUT2D eigenvalue weighted by Gasteiger charge is 2.21. The summed E-state index contributed by atoms with van der Waals surface area (Å²) < 4.78 is 0. The first-order valence-electron chi connectivity index (χ1n) is 10.3. The number of likely N-dealkylation sites (N-methyl/N-ethyl adjacent to an activating group) is 1. The Bertz CT molecular complexity index is 776. The van der Waals surface area contributed by atoms with Gasteiger partial charge in [0.1, 0.15) is 6.54 Å². The second-order valence-corrected chi connectivity index (χ2v) is 8.16. The first-order chi connectivity index (χ1) is 14.2. The van der Waals surface area contributed by atoms with Crippen LogP contribution in [0.1, 0.15) is 11.8 Å². The Hall–Kier alpha value is -1.81. The van der Waals surface area contributed by atoms with Crippen LogP contribution in [-0.4, -0.2) is 74.5 Å². The van der Waals surface area contributed by atoms with E-state index in [4.69, 9.17) is 0 Å². The fourth-order valence-corrected chi connectivity index (χ4v) is 4.10. The Labute approximate surface area is 201 Å². The average molecular weight is 542 g/mol. The lowest BCUT2D eigenvalue weighted by Gasteiger charge is -2.36. The zero-order chi connectivity index (χ0) is 20.5. The Kier molecular flexibility index (Phi) is 10.4. The largest absolute Gasteiger partial charge is 0.368 e. The molecule has 0 atom stereocenters. The van der Waals surface area contributed by atoms with E-state index < -0.39 is 0 Å². The first kappa shape index (κ1) is 24.5. The summed E-state index contributed by atoms with van der Waals surface area (Å²) in [6.45, 7) is 7.11. The van der Waals surface area contributed by atoms with Gasteiger partial charge in [0.05, 0.1) is 0 Å². The summed E-state index contributed by atoms with van der Waals surface area (Å²) in [6, 6.07) is 14.6. The maximum Gasteiger partial charge on any atom is 0.244 e. The van der Waals surface area contributed by atoms with E-state index in [2.05, 4.69) is 61.9 Å². The van der Waals surface area contributed by atoms with Crippen LogP contribution in [0.15, 0.2) is 52.8 Å². The summed E-state index contributed by atoms with van der Waals surface area (Å²) in [7, 11) is 2.03. The number of carbonyl (C=O) groups is 1. The highest BCUT2D eigenvalue weighted by Crippen LogP contribution is 2.15. The minimum absolute atomic E-state index is 0. The third-order valence-corrected chi connectivity index (χ3v) is 6.02. The van der Waals surface area contributed by atoms with Crippen molar-refractivity contribution in [1.29, 1.82) is 0 Å². The number of rotatable bonds is 7. The van der Waals surface area contributed by atoms with Gasteiger partial charge in [-0.15, -0.1) is 35.3 Å². The number of guanidine groups is 1. The molecule has 1 fully saturated rings. The Morgan fingerprint density at radius 1 is 1.13 bits per heavy atom. The normalized spacial score (nSPS) is 14.3. The Morgan fingerprint density at radius 2 is 1.87 bits per heavy atom. The average Bonchev–Trinajstić information content (AvgIpc) is 3.29. The number of amides is 1. The molecule has 1 amide bonds. The lowest BCUT2D eigenvalue weighted by molar-refractivity contribution is -0.129. The number of halogens is 1. The van der Waals surface area contributed by atoms with Gasteiger partial charge in [0, 0.05) is 56.9 Å². The minimum atomic E-state index is 0. The summed E-state index contributed by atoms with van der Waals surface area (Å²) in [4.78, 5) is 25.0. The highest BCUT2D eigenvalue weighted by molar-refractivity contribution is 14.0. The summed E-state index contributed by atoms with van der Waals surface area (Å²) in [5.41, 5.74) is 1.22. The fraction of sp³-hybridized carbons (Fsp3) is 0.455. The molecule has 1 saturated heterocycles. The minimum Gasteiger partial charge on any atom is -0.368 e. The van der Waals surface area contributed by atoms with Gasteiger partial charge in [-0.05, 0) is 36.9 Å². The molecule has 3 rings (SSSR count). The molecule has 0 saturated carbocycles. The van der Waals surface area contributed by atoms with Crippen LogP contribution in [0.25, 0.3) is 0 Å². The lowest BCUT2D eigenvalue weighted by atomic mass is 10.2. The van der Waals surface area contributed by atoms with Crippen LogP contribution in [0, 0.1) is 0 Å². The van der Waals surface area contributed by atoms with Crippen molar-refractivity contribution in [2.24, 2.45) is 4.99 Å². The van der Waals surface area contributed by atoms with Crippen LogP contribution in [0.4, 0.5) is 5.69 Å². The van der Waals surface area contributed by atoms with E-state index in [-0.39, 0.29) is 36.4 Å². The second-order valence-electron chi connectivity index (χ2n) is 7.12. The Morgan fingerprint density at radius 3 is 2.50 bits per heavy atom. The van der Waals surface area contributed by atoms with E-state index in [0.29, 0.717) is 0 Å². The number of thiophene rings is 1. The molecule has 8 heteroatoms. The quantitative estimate of drug-likeness (QED) is 0.333. The number of benzene rings is 1. The van der Waals surface area contributed by atoms with Crippen molar-refractivity contribution in [3.8, 4) is 0 Å². The van der Waals surface area contributed by atoms with E-state index in [1.807, 2.05) is 24.9 Å². The molecule has 1 aromatic heterocycles. The second kappa shape index (κ2) is 12.8. The van der Waals surface area contributed by atoms with Crippen molar-refractivity contribution in [1.82, 2.24) is 15.1 Å². The van der Waals surface area contributed by atoms with Gasteiger partial charge in [-0.1, -0.05) is 24.3 Å². The molecule has 1 N–H and O–H groups in total. The van der Waals surface area contributed by atoms with Crippen molar-refractivity contribution in [2.75, 3.05) is 57.8 Å². The standard InChI is InChI=1S/C22H31N5OS.HI/c1-3-23-22(25(2)12-11-20-10-7-17-29-20)24-18-21(28)27-15-13-26(14-16-27)19-8-5-4-6-9-19;/h4-10,17H,3,11-16,18H2,1-2H3,(H,23,24);1H. The molecule has 2 heterocycles. The lowest BCUT2D eigenvalue weighted by Crippen LogP contribution is -2.49. The molecule has 0 unspecified atom stereocenters. The molecule has 1 aliphatic heterocycles. The molecule has 0 spiro atoms. The van der Waals surface area contributed by atoms with Gasteiger partial charge in [-0.2, -0.15) is 0 Å². The first-order valence-corrected chi connectivity index (χ1v) is 11.1. The van der Waals surface area contributed by atoms with Gasteiger partial charge in [0.25, 0.3) is 0 Å².